The van der Waals surface area contributed by atoms with Crippen molar-refractivity contribution < 1.29 is 22.7 Å². The molecule has 1 aliphatic heterocycles. The zero-order valence-corrected chi connectivity index (χ0v) is 15.9. The van der Waals surface area contributed by atoms with Crippen molar-refractivity contribution in [1.29, 1.82) is 0 Å². The maximum absolute atomic E-state index is 12.4. The van der Waals surface area contributed by atoms with Crippen molar-refractivity contribution in [2.75, 3.05) is 31.7 Å². The molecule has 1 aliphatic rings. The van der Waals surface area contributed by atoms with Gasteiger partial charge in [-0.2, -0.15) is 0 Å². The van der Waals surface area contributed by atoms with Gasteiger partial charge in [0.1, 0.15) is 18.1 Å². The standard InChI is InChI=1S/C19H22N2O5S/c1-25-16-6-8-17(9-7-16)26-14-12-20-27(23,24)18-10-4-15(5-11-18)21-13-2-3-19(21)22/h4-11,20H,2-3,12-14H2,1H3. The second kappa shape index (κ2) is 8.41. The molecule has 0 atom stereocenters. The first kappa shape index (κ1) is 19.2. The van der Waals surface area contributed by atoms with Crippen LogP contribution in [0.5, 0.6) is 11.5 Å². The summed E-state index contributed by atoms with van der Waals surface area (Å²) in [5.74, 6) is 1.43. The van der Waals surface area contributed by atoms with E-state index in [2.05, 4.69) is 4.72 Å². The molecule has 1 N–H and O–H groups in total. The fraction of sp³-hybridized carbons (Fsp3) is 0.316. The molecular formula is C19H22N2O5S. The molecule has 2 aromatic rings. The molecule has 1 heterocycles. The Kier molecular flexibility index (Phi) is 5.98. The number of sulfonamides is 1. The zero-order valence-electron chi connectivity index (χ0n) is 15.1. The third-order valence-corrected chi connectivity index (χ3v) is 5.73. The van der Waals surface area contributed by atoms with Crippen LogP contribution in [0.2, 0.25) is 0 Å². The van der Waals surface area contributed by atoms with Gasteiger partial charge in [0.05, 0.1) is 12.0 Å². The number of benzene rings is 2. The van der Waals surface area contributed by atoms with Gasteiger partial charge in [-0.25, -0.2) is 13.1 Å². The first-order chi connectivity index (χ1) is 13.0. The molecule has 0 aromatic heterocycles. The van der Waals surface area contributed by atoms with Gasteiger partial charge in [-0.05, 0) is 55.0 Å². The number of carbonyl (C=O) groups excluding carboxylic acids is 1. The molecule has 1 saturated heterocycles. The Balaban J connectivity index is 1.52. The number of rotatable bonds is 8. The lowest BCUT2D eigenvalue weighted by Crippen LogP contribution is -2.28. The Bertz CT molecular complexity index is 879. The van der Waals surface area contributed by atoms with E-state index in [1.54, 1.807) is 48.4 Å². The SMILES string of the molecule is COc1ccc(OCCNS(=O)(=O)c2ccc(N3CCCC3=O)cc2)cc1. The number of amides is 1. The number of hydrogen-bond acceptors (Lipinski definition) is 5. The topological polar surface area (TPSA) is 84.9 Å². The van der Waals surface area contributed by atoms with Gasteiger partial charge >= 0.3 is 0 Å². The van der Waals surface area contributed by atoms with E-state index in [1.165, 1.54) is 12.1 Å². The normalized spacial score (nSPS) is 14.4. The van der Waals surface area contributed by atoms with Crippen LogP contribution in [0.15, 0.2) is 53.4 Å². The number of hydrogen-bond donors (Lipinski definition) is 1. The molecule has 144 valence electrons. The minimum Gasteiger partial charge on any atom is -0.497 e. The summed E-state index contributed by atoms with van der Waals surface area (Å²) in [6, 6.07) is 13.4. The summed E-state index contributed by atoms with van der Waals surface area (Å²) in [4.78, 5) is 13.6. The molecule has 27 heavy (non-hydrogen) atoms. The van der Waals surface area contributed by atoms with Gasteiger partial charge in [0, 0.05) is 25.2 Å². The van der Waals surface area contributed by atoms with Crippen molar-refractivity contribution >= 4 is 21.6 Å². The summed E-state index contributed by atoms with van der Waals surface area (Å²) in [7, 11) is -2.05. The molecule has 0 unspecified atom stereocenters. The predicted octanol–water partition coefficient (Wildman–Crippen LogP) is 2.18. The largest absolute Gasteiger partial charge is 0.497 e. The summed E-state index contributed by atoms with van der Waals surface area (Å²) in [5.41, 5.74) is 0.722. The third-order valence-electron chi connectivity index (χ3n) is 4.25. The molecule has 7 nitrogen and oxygen atoms in total. The Morgan fingerprint density at radius 3 is 2.30 bits per heavy atom. The highest BCUT2D eigenvalue weighted by molar-refractivity contribution is 7.89. The number of carbonyl (C=O) groups is 1. The Labute approximate surface area is 158 Å². The molecule has 0 spiro atoms. The van der Waals surface area contributed by atoms with Crippen molar-refractivity contribution in [3.63, 3.8) is 0 Å². The van der Waals surface area contributed by atoms with Crippen molar-refractivity contribution in [2.24, 2.45) is 0 Å². The monoisotopic (exact) mass is 390 g/mol. The van der Waals surface area contributed by atoms with Crippen LogP contribution in [0.4, 0.5) is 5.69 Å². The quantitative estimate of drug-likeness (QED) is 0.699. The summed E-state index contributed by atoms with van der Waals surface area (Å²) in [5, 5.41) is 0. The van der Waals surface area contributed by atoms with Gasteiger partial charge in [-0.1, -0.05) is 0 Å². The number of nitrogens with zero attached hydrogens (tertiary/aromatic N) is 1. The van der Waals surface area contributed by atoms with E-state index in [1.807, 2.05) is 0 Å². The third kappa shape index (κ3) is 4.78. The Morgan fingerprint density at radius 1 is 1.04 bits per heavy atom. The maximum atomic E-state index is 12.4. The average Bonchev–Trinajstić information content (AvgIpc) is 3.12. The van der Waals surface area contributed by atoms with E-state index >= 15 is 0 Å². The lowest BCUT2D eigenvalue weighted by molar-refractivity contribution is -0.117. The van der Waals surface area contributed by atoms with Gasteiger partial charge < -0.3 is 14.4 Å². The molecule has 1 amide bonds. The minimum absolute atomic E-state index is 0.0689. The van der Waals surface area contributed by atoms with Crippen molar-refractivity contribution in [3.8, 4) is 11.5 Å². The van der Waals surface area contributed by atoms with E-state index in [0.717, 1.165) is 17.9 Å². The molecule has 0 bridgehead atoms. The Morgan fingerprint density at radius 2 is 1.70 bits per heavy atom. The average molecular weight is 390 g/mol. The second-order valence-corrected chi connectivity index (χ2v) is 7.83. The predicted molar refractivity (Wildman–Crippen MR) is 102 cm³/mol. The zero-order chi connectivity index (χ0) is 19.3. The number of methoxy groups -OCH3 is 1. The number of ether oxygens (including phenoxy) is 2. The van der Waals surface area contributed by atoms with Gasteiger partial charge in [-0.3, -0.25) is 4.79 Å². The van der Waals surface area contributed by atoms with Crippen LogP contribution in [0.3, 0.4) is 0 Å². The summed E-state index contributed by atoms with van der Waals surface area (Å²) < 4.78 is 37.8. The van der Waals surface area contributed by atoms with Crippen LogP contribution in [0.25, 0.3) is 0 Å². The molecule has 0 aliphatic carbocycles. The molecule has 1 fully saturated rings. The van der Waals surface area contributed by atoms with E-state index in [0.29, 0.717) is 18.7 Å². The molecule has 0 saturated carbocycles. The molecular weight excluding hydrogens is 368 g/mol. The molecule has 8 heteroatoms. The van der Waals surface area contributed by atoms with Crippen molar-refractivity contribution in [2.45, 2.75) is 17.7 Å². The van der Waals surface area contributed by atoms with Crippen LogP contribution in [-0.4, -0.2) is 41.1 Å². The molecule has 3 rings (SSSR count). The van der Waals surface area contributed by atoms with E-state index in [4.69, 9.17) is 9.47 Å². The lowest BCUT2D eigenvalue weighted by Gasteiger charge is -2.16. The Hall–Kier alpha value is -2.58. The van der Waals surface area contributed by atoms with Crippen LogP contribution in [0, 0.1) is 0 Å². The van der Waals surface area contributed by atoms with Crippen LogP contribution >= 0.6 is 0 Å². The highest BCUT2D eigenvalue weighted by atomic mass is 32.2. The van der Waals surface area contributed by atoms with Gasteiger partial charge in [0.2, 0.25) is 15.9 Å². The van der Waals surface area contributed by atoms with E-state index < -0.39 is 10.0 Å². The smallest absolute Gasteiger partial charge is 0.240 e. The molecule has 2 aromatic carbocycles. The van der Waals surface area contributed by atoms with Gasteiger partial charge in [-0.15, -0.1) is 0 Å². The fourth-order valence-electron chi connectivity index (χ4n) is 2.83. The summed E-state index contributed by atoms with van der Waals surface area (Å²) >= 11 is 0. The first-order valence-electron chi connectivity index (χ1n) is 8.66. The van der Waals surface area contributed by atoms with E-state index in [-0.39, 0.29) is 24.0 Å². The maximum Gasteiger partial charge on any atom is 0.240 e. The van der Waals surface area contributed by atoms with Crippen molar-refractivity contribution in [1.82, 2.24) is 4.72 Å². The van der Waals surface area contributed by atoms with Crippen LogP contribution in [0.1, 0.15) is 12.8 Å². The first-order valence-corrected chi connectivity index (χ1v) is 10.1. The van der Waals surface area contributed by atoms with E-state index in [9.17, 15) is 13.2 Å². The van der Waals surface area contributed by atoms with Crippen LogP contribution < -0.4 is 19.1 Å². The highest BCUT2D eigenvalue weighted by Gasteiger charge is 2.22. The minimum atomic E-state index is -3.63. The highest BCUT2D eigenvalue weighted by Crippen LogP contribution is 2.23. The molecule has 0 radical (unpaired) electrons. The lowest BCUT2D eigenvalue weighted by atomic mass is 10.3. The number of nitrogens with one attached hydrogen (secondary N) is 1. The number of anilines is 1. The van der Waals surface area contributed by atoms with Gasteiger partial charge in [0.25, 0.3) is 0 Å². The van der Waals surface area contributed by atoms with Crippen molar-refractivity contribution in [3.05, 3.63) is 48.5 Å². The summed E-state index contributed by atoms with van der Waals surface area (Å²) in [6.45, 7) is 1.01. The van der Waals surface area contributed by atoms with Crippen LogP contribution in [-0.2, 0) is 14.8 Å². The fourth-order valence-corrected chi connectivity index (χ4v) is 3.84. The second-order valence-electron chi connectivity index (χ2n) is 6.06. The van der Waals surface area contributed by atoms with Gasteiger partial charge in [0.15, 0.2) is 0 Å². The summed E-state index contributed by atoms with van der Waals surface area (Å²) in [6.07, 6.45) is 1.37.